The first-order chi connectivity index (χ1) is 16.9. The van der Waals surface area contributed by atoms with Gasteiger partial charge in [0.1, 0.15) is 0 Å². The first-order valence-corrected chi connectivity index (χ1v) is 12.3. The molecule has 0 heterocycles. The summed E-state index contributed by atoms with van der Waals surface area (Å²) in [5.41, 5.74) is 11.0. The number of aryl methyl sites for hydroxylation is 3. The van der Waals surface area contributed by atoms with Crippen LogP contribution in [0.25, 0.3) is 11.3 Å². The van der Waals surface area contributed by atoms with Crippen molar-refractivity contribution in [3.63, 3.8) is 0 Å². The summed E-state index contributed by atoms with van der Waals surface area (Å²) in [7, 11) is 0. The lowest BCUT2D eigenvalue weighted by molar-refractivity contribution is -0.137. The maximum atomic E-state index is 12.8. The van der Waals surface area contributed by atoms with Gasteiger partial charge >= 0.3 is 6.18 Å². The van der Waals surface area contributed by atoms with Crippen molar-refractivity contribution in [3.05, 3.63) is 81.7 Å². The molecule has 0 saturated heterocycles. The largest absolute Gasteiger partial charge is 0.512 e. The second kappa shape index (κ2) is 11.4. The van der Waals surface area contributed by atoms with E-state index in [9.17, 15) is 23.4 Å². The molecule has 2 aromatic carbocycles. The standard InChI is InChI=1S/C28H36F3N3O2/c1-4-19-12-17(3)13-20(5-2)26(19)27-24(35)14-18(15-25(27)36)10-11-34(33)16-23(32)21-6-8-22(9-7-21)28(29,30)31/h6-9,12-13,16,18,24,35-36H,4-5,10-11,14-15,32-33H2,1-3H3/b23-16-. The number of aliphatic hydroxyl groups excluding tert-OH is 2. The molecule has 2 aromatic rings. The summed E-state index contributed by atoms with van der Waals surface area (Å²) in [5, 5.41) is 23.4. The maximum absolute atomic E-state index is 12.8. The van der Waals surface area contributed by atoms with Gasteiger partial charge in [0, 0.05) is 24.7 Å². The molecule has 0 saturated carbocycles. The van der Waals surface area contributed by atoms with Gasteiger partial charge in [-0.15, -0.1) is 0 Å². The summed E-state index contributed by atoms with van der Waals surface area (Å²) in [6, 6.07) is 8.82. The Kier molecular flexibility index (Phi) is 8.74. The Morgan fingerprint density at radius 1 is 1.11 bits per heavy atom. The Hall–Kier alpha value is -2.97. The fourth-order valence-electron chi connectivity index (χ4n) is 4.97. The van der Waals surface area contributed by atoms with Gasteiger partial charge in [0.25, 0.3) is 0 Å². The smallest absolute Gasteiger partial charge is 0.416 e. The first kappa shape index (κ1) is 27.6. The molecule has 1 aliphatic rings. The molecule has 6 N–H and O–H groups in total. The lowest BCUT2D eigenvalue weighted by Gasteiger charge is -2.31. The average Bonchev–Trinajstić information content (AvgIpc) is 2.82. The van der Waals surface area contributed by atoms with Crippen LogP contribution < -0.4 is 11.6 Å². The van der Waals surface area contributed by atoms with Gasteiger partial charge in [-0.2, -0.15) is 13.2 Å². The number of halogens is 3. The number of alkyl halides is 3. The topological polar surface area (TPSA) is 95.7 Å². The highest BCUT2D eigenvalue weighted by Crippen LogP contribution is 2.39. The van der Waals surface area contributed by atoms with E-state index in [0.29, 0.717) is 36.9 Å². The van der Waals surface area contributed by atoms with Gasteiger partial charge in [0.05, 0.1) is 23.1 Å². The average molecular weight is 504 g/mol. The van der Waals surface area contributed by atoms with Crippen molar-refractivity contribution in [2.45, 2.75) is 65.2 Å². The normalized spacial score (nSPS) is 19.1. The van der Waals surface area contributed by atoms with Gasteiger partial charge in [0.2, 0.25) is 0 Å². The molecule has 36 heavy (non-hydrogen) atoms. The molecule has 0 spiro atoms. The van der Waals surface area contributed by atoms with E-state index in [1.54, 1.807) is 0 Å². The van der Waals surface area contributed by atoms with E-state index in [1.807, 2.05) is 0 Å². The maximum Gasteiger partial charge on any atom is 0.416 e. The molecule has 0 aliphatic heterocycles. The number of aliphatic hydroxyl groups is 2. The number of nitrogens with two attached hydrogens (primary N) is 2. The summed E-state index contributed by atoms with van der Waals surface area (Å²) < 4.78 is 38.3. The molecule has 0 fully saturated rings. The molecule has 2 unspecified atom stereocenters. The van der Waals surface area contributed by atoms with E-state index in [0.717, 1.165) is 41.7 Å². The Labute approximate surface area is 210 Å². The van der Waals surface area contributed by atoms with Crippen molar-refractivity contribution in [3.8, 4) is 0 Å². The Morgan fingerprint density at radius 2 is 1.69 bits per heavy atom. The van der Waals surface area contributed by atoms with Crippen molar-refractivity contribution in [2.24, 2.45) is 17.5 Å². The number of allylic oxidation sites excluding steroid dienone is 1. The molecular weight excluding hydrogens is 467 g/mol. The van der Waals surface area contributed by atoms with Gasteiger partial charge in [-0.05, 0) is 72.9 Å². The van der Waals surface area contributed by atoms with Gasteiger partial charge in [-0.1, -0.05) is 43.7 Å². The first-order valence-electron chi connectivity index (χ1n) is 12.3. The van der Waals surface area contributed by atoms with Crippen molar-refractivity contribution in [2.75, 3.05) is 6.54 Å². The molecule has 0 aromatic heterocycles. The van der Waals surface area contributed by atoms with Crippen molar-refractivity contribution >= 4 is 11.3 Å². The van der Waals surface area contributed by atoms with Gasteiger partial charge < -0.3 is 21.0 Å². The highest BCUT2D eigenvalue weighted by molar-refractivity contribution is 5.76. The van der Waals surface area contributed by atoms with Gasteiger partial charge in [-0.3, -0.25) is 0 Å². The second-order valence-electron chi connectivity index (χ2n) is 9.53. The summed E-state index contributed by atoms with van der Waals surface area (Å²) >= 11 is 0. The van der Waals surface area contributed by atoms with E-state index >= 15 is 0 Å². The number of nitrogens with zero attached hydrogens (tertiary/aromatic N) is 1. The van der Waals surface area contributed by atoms with Crippen LogP contribution in [-0.2, 0) is 19.0 Å². The number of benzene rings is 2. The van der Waals surface area contributed by atoms with Crippen LogP contribution >= 0.6 is 0 Å². The second-order valence-corrected chi connectivity index (χ2v) is 9.53. The van der Waals surface area contributed by atoms with E-state index in [1.165, 1.54) is 28.9 Å². The van der Waals surface area contributed by atoms with Crippen LogP contribution in [0.15, 0.2) is 48.4 Å². The summed E-state index contributed by atoms with van der Waals surface area (Å²) in [6.07, 6.45) is -0.521. The lowest BCUT2D eigenvalue weighted by atomic mass is 9.78. The zero-order chi connectivity index (χ0) is 26.6. The predicted octanol–water partition coefficient (Wildman–Crippen LogP) is 5.70. The van der Waals surface area contributed by atoms with E-state index in [4.69, 9.17) is 11.6 Å². The summed E-state index contributed by atoms with van der Waals surface area (Å²) in [4.78, 5) is 0. The van der Waals surface area contributed by atoms with Crippen LogP contribution in [0.1, 0.15) is 66.5 Å². The third-order valence-corrected chi connectivity index (χ3v) is 6.81. The third-order valence-electron chi connectivity index (χ3n) is 6.81. The monoisotopic (exact) mass is 503 g/mol. The van der Waals surface area contributed by atoms with Crippen LogP contribution in [0.3, 0.4) is 0 Å². The van der Waals surface area contributed by atoms with Crippen molar-refractivity contribution in [1.29, 1.82) is 0 Å². The zero-order valence-corrected chi connectivity index (χ0v) is 21.1. The number of hydrogen-bond acceptors (Lipinski definition) is 5. The Bertz CT molecular complexity index is 1100. The van der Waals surface area contributed by atoms with E-state index in [-0.39, 0.29) is 17.4 Å². The zero-order valence-electron chi connectivity index (χ0n) is 21.1. The lowest BCUT2D eigenvalue weighted by Crippen LogP contribution is -2.31. The van der Waals surface area contributed by atoms with Crippen molar-refractivity contribution in [1.82, 2.24) is 5.01 Å². The molecule has 3 rings (SSSR count). The van der Waals surface area contributed by atoms with Gasteiger partial charge in [0.15, 0.2) is 0 Å². The molecular formula is C28H36F3N3O2. The Morgan fingerprint density at radius 3 is 2.19 bits per heavy atom. The van der Waals surface area contributed by atoms with Crippen LogP contribution in [0.2, 0.25) is 0 Å². The molecule has 2 atom stereocenters. The highest BCUT2D eigenvalue weighted by atomic mass is 19.4. The van der Waals surface area contributed by atoms with Crippen LogP contribution in [0.5, 0.6) is 0 Å². The number of rotatable bonds is 8. The van der Waals surface area contributed by atoms with Crippen LogP contribution in [0, 0.1) is 12.8 Å². The molecule has 0 bridgehead atoms. The SMILES string of the molecule is CCc1cc(C)cc(CC)c1C1=C(O)CC(CCN(N)/C=C(\N)c2ccc(C(F)(F)F)cc2)CC1O. The number of hydrogen-bond donors (Lipinski definition) is 4. The summed E-state index contributed by atoms with van der Waals surface area (Å²) in [5.74, 6) is 6.31. The molecule has 1 aliphatic carbocycles. The fourth-order valence-corrected chi connectivity index (χ4v) is 4.97. The Balaban J connectivity index is 1.69. The van der Waals surface area contributed by atoms with Gasteiger partial charge in [-0.25, -0.2) is 5.84 Å². The minimum absolute atomic E-state index is 0.0242. The van der Waals surface area contributed by atoms with Crippen LogP contribution in [-0.4, -0.2) is 27.9 Å². The fraction of sp³-hybridized carbons (Fsp3) is 0.429. The third kappa shape index (κ3) is 6.42. The summed E-state index contributed by atoms with van der Waals surface area (Å²) in [6.45, 7) is 6.62. The molecule has 0 amide bonds. The highest BCUT2D eigenvalue weighted by Gasteiger charge is 2.31. The molecule has 196 valence electrons. The minimum atomic E-state index is -4.41. The quantitative estimate of drug-likeness (QED) is 0.274. The number of hydrazine groups is 1. The minimum Gasteiger partial charge on any atom is -0.512 e. The van der Waals surface area contributed by atoms with E-state index in [2.05, 4.69) is 32.9 Å². The van der Waals surface area contributed by atoms with Crippen molar-refractivity contribution < 1.29 is 23.4 Å². The van der Waals surface area contributed by atoms with E-state index < -0.39 is 17.8 Å². The predicted molar refractivity (Wildman–Crippen MR) is 137 cm³/mol. The van der Waals surface area contributed by atoms with Crippen LogP contribution in [0.4, 0.5) is 13.2 Å². The molecule has 0 radical (unpaired) electrons. The molecule has 8 heteroatoms. The molecule has 5 nitrogen and oxygen atoms in total.